The summed E-state index contributed by atoms with van der Waals surface area (Å²) in [5.41, 5.74) is 2.46. The van der Waals surface area contributed by atoms with Crippen LogP contribution < -0.4 is 0 Å². The summed E-state index contributed by atoms with van der Waals surface area (Å²) < 4.78 is 0. The van der Waals surface area contributed by atoms with Gasteiger partial charge in [-0.05, 0) is 37.2 Å². The first-order valence-electron chi connectivity index (χ1n) is 5.96. The summed E-state index contributed by atoms with van der Waals surface area (Å²) in [5, 5.41) is -0.0696. The second-order valence-electron chi connectivity index (χ2n) is 4.93. The molecule has 0 radical (unpaired) electrons. The third-order valence-corrected chi connectivity index (χ3v) is 3.76. The van der Waals surface area contributed by atoms with E-state index in [1.807, 2.05) is 0 Å². The highest BCUT2D eigenvalue weighted by atomic mass is 32.2. The molecule has 0 amide bonds. The fourth-order valence-corrected chi connectivity index (χ4v) is 2.22. The number of hydrogen-bond acceptors (Lipinski definition) is 3. The lowest BCUT2D eigenvalue weighted by molar-refractivity contribution is -0.106. The molecule has 18 heavy (non-hydrogen) atoms. The fourth-order valence-electron chi connectivity index (χ4n) is 2.06. The Morgan fingerprint density at radius 1 is 1.28 bits per heavy atom. The number of fused-ring (bicyclic) bond motifs is 1. The summed E-state index contributed by atoms with van der Waals surface area (Å²) in [5.74, 6) is 5.80. The number of carbonyl (C=O) groups excluding carboxylic acids is 1. The van der Waals surface area contributed by atoms with E-state index in [0.717, 1.165) is 24.9 Å². The van der Waals surface area contributed by atoms with E-state index in [0.29, 0.717) is 0 Å². The van der Waals surface area contributed by atoms with E-state index < -0.39 is 0 Å². The van der Waals surface area contributed by atoms with Gasteiger partial charge in [0.15, 0.2) is 0 Å². The summed E-state index contributed by atoms with van der Waals surface area (Å²) in [7, 11) is 0. The Morgan fingerprint density at radius 2 is 1.83 bits per heavy atom. The molecule has 0 saturated heterocycles. The Hall–Kier alpha value is -1.24. The van der Waals surface area contributed by atoms with Gasteiger partial charge in [0.2, 0.25) is 0 Å². The molecule has 0 spiro atoms. The van der Waals surface area contributed by atoms with Gasteiger partial charge in [-0.25, -0.2) is 0 Å². The standard InChI is InChI=1S/C15H17NOS/c1-15(2,9-8-14(17)18-3)16-10-12-6-4-5-7-13(12)11-16/h4-7H,10-11H2,1-3H3. The Kier molecular flexibility index (Phi) is 3.79. The molecule has 3 heteroatoms. The first-order valence-corrected chi connectivity index (χ1v) is 7.18. The van der Waals surface area contributed by atoms with E-state index in [4.69, 9.17) is 0 Å². The first kappa shape index (κ1) is 13.2. The molecule has 1 aliphatic heterocycles. The molecule has 1 aromatic rings. The molecule has 2 nitrogen and oxygen atoms in total. The van der Waals surface area contributed by atoms with Gasteiger partial charge >= 0.3 is 0 Å². The van der Waals surface area contributed by atoms with E-state index >= 15 is 0 Å². The molecule has 0 N–H and O–H groups in total. The van der Waals surface area contributed by atoms with Gasteiger partial charge in [-0.3, -0.25) is 9.69 Å². The van der Waals surface area contributed by atoms with E-state index in [-0.39, 0.29) is 10.7 Å². The molecular formula is C15H17NOS. The third-order valence-electron chi connectivity index (χ3n) is 3.29. The van der Waals surface area contributed by atoms with Crippen molar-refractivity contribution in [1.29, 1.82) is 0 Å². The lowest BCUT2D eigenvalue weighted by Gasteiger charge is -2.30. The Morgan fingerprint density at radius 3 is 2.33 bits per heavy atom. The van der Waals surface area contributed by atoms with Gasteiger partial charge in [-0.2, -0.15) is 0 Å². The number of rotatable bonds is 1. The number of thioether (sulfide) groups is 1. The van der Waals surface area contributed by atoms with Crippen LogP contribution in [0, 0.1) is 11.8 Å². The summed E-state index contributed by atoms with van der Waals surface area (Å²) in [6.07, 6.45) is 1.76. The van der Waals surface area contributed by atoms with Crippen molar-refractivity contribution in [2.45, 2.75) is 32.5 Å². The summed E-state index contributed by atoms with van der Waals surface area (Å²) >= 11 is 1.16. The molecule has 1 aromatic carbocycles. The predicted octanol–water partition coefficient (Wildman–Crippen LogP) is 2.67. The lowest BCUT2D eigenvalue weighted by Crippen LogP contribution is -2.38. The monoisotopic (exact) mass is 259 g/mol. The van der Waals surface area contributed by atoms with Crippen LogP contribution in [-0.4, -0.2) is 21.8 Å². The Balaban J connectivity index is 2.14. The fraction of sp³-hybridized carbons (Fsp3) is 0.400. The average Bonchev–Trinajstić information content (AvgIpc) is 2.80. The maximum Gasteiger partial charge on any atom is 0.262 e. The normalized spacial score (nSPS) is 14.8. The summed E-state index contributed by atoms with van der Waals surface area (Å²) in [6.45, 7) is 5.95. The van der Waals surface area contributed by atoms with Gasteiger partial charge in [0, 0.05) is 13.1 Å². The van der Waals surface area contributed by atoms with Crippen LogP contribution in [0.5, 0.6) is 0 Å². The average molecular weight is 259 g/mol. The van der Waals surface area contributed by atoms with Gasteiger partial charge in [-0.15, -0.1) is 0 Å². The molecular weight excluding hydrogens is 242 g/mol. The highest BCUT2D eigenvalue weighted by Crippen LogP contribution is 2.28. The molecule has 1 aliphatic rings. The van der Waals surface area contributed by atoms with Crippen molar-refractivity contribution in [2.24, 2.45) is 0 Å². The van der Waals surface area contributed by atoms with Crippen LogP contribution in [0.15, 0.2) is 24.3 Å². The zero-order valence-electron chi connectivity index (χ0n) is 11.0. The number of nitrogens with zero attached hydrogens (tertiary/aromatic N) is 1. The minimum Gasteiger partial charge on any atom is -0.279 e. The number of carbonyl (C=O) groups is 1. The quantitative estimate of drug-likeness (QED) is 0.723. The van der Waals surface area contributed by atoms with Gasteiger partial charge in [0.25, 0.3) is 5.12 Å². The van der Waals surface area contributed by atoms with Crippen LogP contribution in [-0.2, 0) is 17.9 Å². The summed E-state index contributed by atoms with van der Waals surface area (Å²) in [4.78, 5) is 13.6. The molecule has 0 aliphatic carbocycles. The van der Waals surface area contributed by atoms with Crippen LogP contribution in [0.25, 0.3) is 0 Å². The van der Waals surface area contributed by atoms with Crippen molar-refractivity contribution in [2.75, 3.05) is 6.26 Å². The molecule has 2 rings (SSSR count). The van der Waals surface area contributed by atoms with Crippen molar-refractivity contribution in [3.8, 4) is 11.8 Å². The minimum atomic E-state index is -0.273. The Labute approximate surface area is 113 Å². The topological polar surface area (TPSA) is 20.3 Å². The maximum atomic E-state index is 11.3. The predicted molar refractivity (Wildman–Crippen MR) is 76.1 cm³/mol. The SMILES string of the molecule is CSC(=O)C#CC(C)(C)N1Cc2ccccc2C1. The van der Waals surface area contributed by atoms with Gasteiger partial charge in [-0.1, -0.05) is 41.9 Å². The van der Waals surface area contributed by atoms with E-state index in [9.17, 15) is 4.79 Å². The summed E-state index contributed by atoms with van der Waals surface area (Å²) in [6, 6.07) is 8.45. The minimum absolute atomic E-state index is 0.0696. The van der Waals surface area contributed by atoms with Crippen molar-refractivity contribution in [1.82, 2.24) is 4.90 Å². The highest BCUT2D eigenvalue weighted by Gasteiger charge is 2.30. The largest absolute Gasteiger partial charge is 0.279 e. The number of benzene rings is 1. The molecule has 0 bridgehead atoms. The molecule has 0 aromatic heterocycles. The second-order valence-corrected chi connectivity index (χ2v) is 5.70. The van der Waals surface area contributed by atoms with Crippen LogP contribution in [0.3, 0.4) is 0 Å². The van der Waals surface area contributed by atoms with Gasteiger partial charge < -0.3 is 0 Å². The van der Waals surface area contributed by atoms with Crippen LogP contribution in [0.1, 0.15) is 25.0 Å². The van der Waals surface area contributed by atoms with Crippen LogP contribution in [0.2, 0.25) is 0 Å². The number of hydrogen-bond donors (Lipinski definition) is 0. The van der Waals surface area contributed by atoms with E-state index in [2.05, 4.69) is 54.9 Å². The Bertz CT molecular complexity index is 500. The van der Waals surface area contributed by atoms with Crippen molar-refractivity contribution < 1.29 is 4.79 Å². The molecule has 0 fully saturated rings. The van der Waals surface area contributed by atoms with E-state index in [1.54, 1.807) is 6.26 Å². The van der Waals surface area contributed by atoms with Crippen LogP contribution >= 0.6 is 11.8 Å². The molecule has 94 valence electrons. The zero-order chi connectivity index (χ0) is 13.2. The third kappa shape index (κ3) is 2.77. The van der Waals surface area contributed by atoms with Crippen molar-refractivity contribution in [3.05, 3.63) is 35.4 Å². The van der Waals surface area contributed by atoms with Gasteiger partial charge in [0.1, 0.15) is 0 Å². The maximum absolute atomic E-state index is 11.3. The van der Waals surface area contributed by atoms with Crippen LogP contribution in [0.4, 0.5) is 0 Å². The molecule has 0 unspecified atom stereocenters. The zero-order valence-corrected chi connectivity index (χ0v) is 11.8. The highest BCUT2D eigenvalue weighted by molar-refractivity contribution is 8.13. The molecule has 0 atom stereocenters. The van der Waals surface area contributed by atoms with E-state index in [1.165, 1.54) is 11.1 Å². The van der Waals surface area contributed by atoms with Crippen molar-refractivity contribution >= 4 is 16.9 Å². The second kappa shape index (κ2) is 5.17. The molecule has 1 heterocycles. The van der Waals surface area contributed by atoms with Gasteiger partial charge in [0.05, 0.1) is 5.54 Å². The smallest absolute Gasteiger partial charge is 0.262 e. The first-order chi connectivity index (χ1) is 8.53. The van der Waals surface area contributed by atoms with Crippen molar-refractivity contribution in [3.63, 3.8) is 0 Å². The lowest BCUT2D eigenvalue weighted by atomic mass is 10.0. The molecule has 0 saturated carbocycles.